The van der Waals surface area contributed by atoms with E-state index in [-0.39, 0.29) is 5.78 Å². The Kier molecular flexibility index (Phi) is 2.97. The van der Waals surface area contributed by atoms with Crippen molar-refractivity contribution in [1.29, 1.82) is 0 Å². The molecule has 0 radical (unpaired) electrons. The van der Waals surface area contributed by atoms with Crippen LogP contribution in [0.5, 0.6) is 5.75 Å². The Hall–Kier alpha value is -1.35. The topological polar surface area (TPSA) is 26.3 Å². The first-order chi connectivity index (χ1) is 7.65. The van der Waals surface area contributed by atoms with E-state index in [0.717, 1.165) is 15.2 Å². The highest BCUT2D eigenvalue weighted by molar-refractivity contribution is 9.10. The second kappa shape index (κ2) is 4.26. The Labute approximate surface area is 102 Å². The van der Waals surface area contributed by atoms with Crippen molar-refractivity contribution in [1.82, 2.24) is 0 Å². The van der Waals surface area contributed by atoms with E-state index in [2.05, 4.69) is 15.9 Å². The summed E-state index contributed by atoms with van der Waals surface area (Å²) in [5.41, 5.74) is 0.605. The third-order valence-corrected chi connectivity index (χ3v) is 3.31. The highest BCUT2D eigenvalue weighted by Crippen LogP contribution is 2.36. The molecule has 0 fully saturated rings. The summed E-state index contributed by atoms with van der Waals surface area (Å²) in [4.78, 5) is 11.5. The molecule has 2 nitrogen and oxygen atoms in total. The van der Waals surface area contributed by atoms with Gasteiger partial charge in [-0.3, -0.25) is 4.79 Å². The van der Waals surface area contributed by atoms with E-state index in [9.17, 15) is 4.79 Å². The van der Waals surface area contributed by atoms with Gasteiger partial charge in [0, 0.05) is 0 Å². The van der Waals surface area contributed by atoms with Crippen LogP contribution in [0.4, 0.5) is 0 Å². The summed E-state index contributed by atoms with van der Waals surface area (Å²) in [6.45, 7) is 1.54. The number of ketones is 1. The standard InChI is InChI=1S/C13H11BrO2/c1-8(15)11-7-9-5-3-4-6-10(9)12(14)13(11)16-2/h3-7H,1-2H3. The molecular weight excluding hydrogens is 268 g/mol. The maximum atomic E-state index is 11.5. The van der Waals surface area contributed by atoms with Crippen LogP contribution in [0.2, 0.25) is 0 Å². The van der Waals surface area contributed by atoms with Crippen LogP contribution in [0.1, 0.15) is 17.3 Å². The van der Waals surface area contributed by atoms with E-state index in [0.29, 0.717) is 11.3 Å². The van der Waals surface area contributed by atoms with Crippen LogP contribution in [0.3, 0.4) is 0 Å². The molecule has 2 aromatic carbocycles. The third-order valence-electron chi connectivity index (χ3n) is 2.52. The smallest absolute Gasteiger partial charge is 0.163 e. The van der Waals surface area contributed by atoms with E-state index in [1.807, 2.05) is 30.3 Å². The van der Waals surface area contributed by atoms with Crippen molar-refractivity contribution in [3.05, 3.63) is 40.4 Å². The maximum Gasteiger partial charge on any atom is 0.163 e. The highest BCUT2D eigenvalue weighted by atomic mass is 79.9. The number of benzene rings is 2. The van der Waals surface area contributed by atoms with Gasteiger partial charge in [-0.1, -0.05) is 24.3 Å². The fourth-order valence-corrected chi connectivity index (χ4v) is 2.48. The van der Waals surface area contributed by atoms with Gasteiger partial charge in [-0.25, -0.2) is 0 Å². The number of Topliss-reactive ketones (excluding diaryl/α,β-unsaturated/α-hetero) is 1. The van der Waals surface area contributed by atoms with Crippen molar-refractivity contribution < 1.29 is 9.53 Å². The van der Waals surface area contributed by atoms with Crippen LogP contribution in [-0.2, 0) is 0 Å². The highest BCUT2D eigenvalue weighted by Gasteiger charge is 2.14. The average molecular weight is 279 g/mol. The van der Waals surface area contributed by atoms with E-state index < -0.39 is 0 Å². The van der Waals surface area contributed by atoms with E-state index in [1.165, 1.54) is 0 Å². The van der Waals surface area contributed by atoms with Gasteiger partial charge in [-0.05, 0) is 39.7 Å². The Morgan fingerprint density at radius 1 is 1.31 bits per heavy atom. The summed E-state index contributed by atoms with van der Waals surface area (Å²) >= 11 is 3.48. The molecule has 0 amide bonds. The molecule has 0 aliphatic rings. The van der Waals surface area contributed by atoms with Crippen molar-refractivity contribution in [2.45, 2.75) is 6.92 Å². The molecule has 0 unspecified atom stereocenters. The number of rotatable bonds is 2. The lowest BCUT2D eigenvalue weighted by Crippen LogP contribution is -1.98. The summed E-state index contributed by atoms with van der Waals surface area (Å²) < 4.78 is 6.11. The predicted molar refractivity (Wildman–Crippen MR) is 68.2 cm³/mol. The molecule has 0 heterocycles. The number of halogens is 1. The summed E-state index contributed by atoms with van der Waals surface area (Å²) in [5, 5.41) is 2.07. The van der Waals surface area contributed by atoms with Gasteiger partial charge in [-0.2, -0.15) is 0 Å². The van der Waals surface area contributed by atoms with Gasteiger partial charge in [0.1, 0.15) is 5.75 Å². The van der Waals surface area contributed by atoms with Crippen LogP contribution in [-0.4, -0.2) is 12.9 Å². The average Bonchev–Trinajstić information content (AvgIpc) is 2.29. The summed E-state index contributed by atoms with van der Waals surface area (Å²) in [7, 11) is 1.57. The van der Waals surface area contributed by atoms with Gasteiger partial charge in [0.25, 0.3) is 0 Å². The zero-order chi connectivity index (χ0) is 11.7. The molecule has 0 aromatic heterocycles. The monoisotopic (exact) mass is 278 g/mol. The zero-order valence-electron chi connectivity index (χ0n) is 9.08. The van der Waals surface area contributed by atoms with Crippen LogP contribution >= 0.6 is 15.9 Å². The predicted octanol–water partition coefficient (Wildman–Crippen LogP) is 3.81. The van der Waals surface area contributed by atoms with Gasteiger partial charge in [0.05, 0.1) is 17.1 Å². The Morgan fingerprint density at radius 2 is 2.00 bits per heavy atom. The largest absolute Gasteiger partial charge is 0.495 e. The molecule has 0 N–H and O–H groups in total. The third kappa shape index (κ3) is 1.71. The number of hydrogen-bond acceptors (Lipinski definition) is 2. The van der Waals surface area contributed by atoms with Crippen molar-refractivity contribution in [2.24, 2.45) is 0 Å². The first-order valence-corrected chi connectivity index (χ1v) is 5.70. The molecule has 16 heavy (non-hydrogen) atoms. The molecule has 0 aliphatic carbocycles. The minimum absolute atomic E-state index is 0.00306. The number of carbonyl (C=O) groups is 1. The van der Waals surface area contributed by atoms with Crippen molar-refractivity contribution in [2.75, 3.05) is 7.11 Å². The van der Waals surface area contributed by atoms with E-state index in [4.69, 9.17) is 4.74 Å². The molecular formula is C13H11BrO2. The molecule has 3 heteroatoms. The second-order valence-corrected chi connectivity index (χ2v) is 4.34. The number of ether oxygens (including phenoxy) is 1. The summed E-state index contributed by atoms with van der Waals surface area (Å²) in [5.74, 6) is 0.606. The quantitative estimate of drug-likeness (QED) is 0.781. The number of hydrogen-bond donors (Lipinski definition) is 0. The second-order valence-electron chi connectivity index (χ2n) is 3.55. The molecule has 0 atom stereocenters. The Morgan fingerprint density at radius 3 is 2.62 bits per heavy atom. The van der Waals surface area contributed by atoms with Crippen molar-refractivity contribution in [3.8, 4) is 5.75 Å². The lowest BCUT2D eigenvalue weighted by atomic mass is 10.0. The van der Waals surface area contributed by atoms with Crippen molar-refractivity contribution >= 4 is 32.5 Å². The fourth-order valence-electron chi connectivity index (χ4n) is 1.75. The van der Waals surface area contributed by atoms with Crippen molar-refractivity contribution in [3.63, 3.8) is 0 Å². The first kappa shape index (κ1) is 11.1. The first-order valence-electron chi connectivity index (χ1n) is 4.91. The number of methoxy groups -OCH3 is 1. The Bertz CT molecular complexity index is 561. The van der Waals surface area contributed by atoms with Gasteiger partial charge in [0.15, 0.2) is 5.78 Å². The van der Waals surface area contributed by atoms with Gasteiger partial charge in [-0.15, -0.1) is 0 Å². The Balaban J connectivity index is 2.87. The molecule has 82 valence electrons. The van der Waals surface area contributed by atoms with Gasteiger partial charge in [0.2, 0.25) is 0 Å². The lowest BCUT2D eigenvalue weighted by molar-refractivity contribution is 0.101. The zero-order valence-corrected chi connectivity index (χ0v) is 10.7. The van der Waals surface area contributed by atoms with E-state index >= 15 is 0 Å². The lowest BCUT2D eigenvalue weighted by Gasteiger charge is -2.11. The van der Waals surface area contributed by atoms with E-state index in [1.54, 1.807) is 14.0 Å². The molecule has 0 spiro atoms. The molecule has 0 aliphatic heterocycles. The fraction of sp³-hybridized carbons (Fsp3) is 0.154. The van der Waals surface area contributed by atoms with Crippen LogP contribution in [0.25, 0.3) is 10.8 Å². The van der Waals surface area contributed by atoms with Gasteiger partial charge >= 0.3 is 0 Å². The molecule has 0 bridgehead atoms. The minimum atomic E-state index is 0.00306. The molecule has 0 saturated heterocycles. The number of carbonyl (C=O) groups excluding carboxylic acids is 1. The minimum Gasteiger partial charge on any atom is -0.495 e. The normalized spacial score (nSPS) is 10.4. The van der Waals surface area contributed by atoms with Crippen LogP contribution < -0.4 is 4.74 Å². The molecule has 2 rings (SSSR count). The van der Waals surface area contributed by atoms with Gasteiger partial charge < -0.3 is 4.74 Å². The van der Waals surface area contributed by atoms with Crippen LogP contribution in [0, 0.1) is 0 Å². The summed E-state index contributed by atoms with van der Waals surface area (Å²) in [6.07, 6.45) is 0. The number of fused-ring (bicyclic) bond motifs is 1. The SMILES string of the molecule is COc1c(C(C)=O)cc2ccccc2c1Br. The molecule has 0 saturated carbocycles. The summed E-state index contributed by atoms with van der Waals surface area (Å²) in [6, 6.07) is 9.74. The van der Waals surface area contributed by atoms with Crippen LogP contribution in [0.15, 0.2) is 34.8 Å². The molecule has 2 aromatic rings. The maximum absolute atomic E-state index is 11.5.